The second kappa shape index (κ2) is 5.23. The Kier molecular flexibility index (Phi) is 4.43. The molecule has 0 aliphatic carbocycles. The van der Waals surface area contributed by atoms with Crippen LogP contribution >= 0.6 is 34.8 Å². The van der Waals surface area contributed by atoms with Crippen LogP contribution in [0.1, 0.15) is 15.9 Å². The molecule has 0 saturated heterocycles. The average molecular weight is 303 g/mol. The Bertz CT molecular complexity index is 520. The molecule has 4 nitrogen and oxygen atoms in total. The zero-order chi connectivity index (χ0) is 12.5. The second-order valence-corrected chi connectivity index (χ2v) is 4.73. The summed E-state index contributed by atoms with van der Waals surface area (Å²) in [4.78, 5) is 11.1. The molecule has 0 heterocycles. The Morgan fingerprint density at radius 1 is 1.38 bits per heavy atom. The minimum atomic E-state index is -2.92. The fraction of sp³-hybridized carbons (Fsp3) is 0.125. The number of anilines is 1. The molecule has 1 aromatic carbocycles. The maximum absolute atomic E-state index is 11.1. The average Bonchev–Trinajstić information content (AvgIpc) is 2.17. The van der Waals surface area contributed by atoms with E-state index in [4.69, 9.17) is 34.8 Å². The number of hydrogen-bond acceptors (Lipinski definition) is 3. The van der Waals surface area contributed by atoms with Gasteiger partial charge in [-0.05, 0) is 30.2 Å². The zero-order valence-corrected chi connectivity index (χ0v) is 11.0. The smallest absolute Gasteiger partial charge is 0.254 e. The van der Waals surface area contributed by atoms with Crippen LogP contribution in [0.4, 0.5) is 5.69 Å². The molecular weight excluding hydrogens is 297 g/mol. The standard InChI is InChI=1S/C8H6Cl3NO3S/c1-3-6(10)5(9)2-4(8(11)13)7(3)12-16(14)15/h2,16H,1H3,(H,12,14,15). The van der Waals surface area contributed by atoms with E-state index in [-0.39, 0.29) is 21.3 Å². The summed E-state index contributed by atoms with van der Waals surface area (Å²) >= 11 is 16.9. The lowest BCUT2D eigenvalue weighted by Gasteiger charge is -2.11. The Balaban J connectivity index is 3.53. The van der Waals surface area contributed by atoms with Crippen LogP contribution in [0.15, 0.2) is 6.07 Å². The minimum Gasteiger partial charge on any atom is -0.285 e. The third-order valence-electron chi connectivity index (χ3n) is 1.87. The van der Waals surface area contributed by atoms with Crippen molar-refractivity contribution in [3.05, 3.63) is 27.2 Å². The molecule has 16 heavy (non-hydrogen) atoms. The Morgan fingerprint density at radius 2 is 1.94 bits per heavy atom. The van der Waals surface area contributed by atoms with Gasteiger partial charge in [0, 0.05) is 0 Å². The molecule has 1 aromatic rings. The summed E-state index contributed by atoms with van der Waals surface area (Å²) in [7, 11) is -2.92. The molecule has 1 N–H and O–H groups in total. The fourth-order valence-corrected chi connectivity index (χ4v) is 2.16. The number of hydrogen-bond donors (Lipinski definition) is 2. The van der Waals surface area contributed by atoms with E-state index in [1.54, 1.807) is 0 Å². The van der Waals surface area contributed by atoms with E-state index in [1.807, 2.05) is 0 Å². The van der Waals surface area contributed by atoms with Gasteiger partial charge in [0.2, 0.25) is 10.9 Å². The van der Waals surface area contributed by atoms with Crippen molar-refractivity contribution >= 4 is 56.6 Å². The van der Waals surface area contributed by atoms with E-state index in [0.717, 1.165) is 0 Å². The van der Waals surface area contributed by atoms with E-state index >= 15 is 0 Å². The summed E-state index contributed by atoms with van der Waals surface area (Å²) in [6.45, 7) is 1.53. The van der Waals surface area contributed by atoms with Gasteiger partial charge in [0.05, 0.1) is 21.3 Å². The number of carbonyl (C=O) groups is 1. The first kappa shape index (κ1) is 13.6. The summed E-state index contributed by atoms with van der Waals surface area (Å²) in [5.74, 6) is 0. The number of carbonyl (C=O) groups excluding carboxylic acids is 1. The van der Waals surface area contributed by atoms with Gasteiger partial charge in [-0.15, -0.1) is 0 Å². The van der Waals surface area contributed by atoms with Crippen molar-refractivity contribution in [2.24, 2.45) is 0 Å². The van der Waals surface area contributed by atoms with Crippen LogP contribution in [0.25, 0.3) is 0 Å². The highest BCUT2D eigenvalue weighted by Crippen LogP contribution is 2.34. The number of benzene rings is 1. The van der Waals surface area contributed by atoms with Gasteiger partial charge in [-0.1, -0.05) is 23.2 Å². The second-order valence-electron chi connectivity index (χ2n) is 2.86. The summed E-state index contributed by atoms with van der Waals surface area (Å²) in [6.07, 6.45) is 0. The first-order valence-corrected chi connectivity index (χ1v) is 6.25. The highest BCUT2D eigenvalue weighted by Gasteiger charge is 2.17. The first-order chi connectivity index (χ1) is 7.34. The largest absolute Gasteiger partial charge is 0.285 e. The number of thiol groups is 1. The van der Waals surface area contributed by atoms with E-state index < -0.39 is 16.1 Å². The molecule has 1 rings (SSSR count). The molecule has 0 radical (unpaired) electrons. The third-order valence-corrected chi connectivity index (χ3v) is 3.36. The van der Waals surface area contributed by atoms with Gasteiger partial charge in [-0.2, -0.15) is 0 Å². The molecule has 0 aliphatic heterocycles. The molecule has 0 spiro atoms. The van der Waals surface area contributed by atoms with Gasteiger partial charge in [-0.3, -0.25) is 9.52 Å². The Hall–Kier alpha value is -0.490. The summed E-state index contributed by atoms with van der Waals surface area (Å²) in [5.41, 5.74) is 0.357. The highest BCUT2D eigenvalue weighted by molar-refractivity contribution is 7.73. The minimum absolute atomic E-state index is 0.0345. The van der Waals surface area contributed by atoms with Crippen molar-refractivity contribution in [3.63, 3.8) is 0 Å². The summed E-state index contributed by atoms with van der Waals surface area (Å²) < 4.78 is 23.3. The van der Waals surface area contributed by atoms with E-state index in [9.17, 15) is 13.2 Å². The number of halogens is 3. The van der Waals surface area contributed by atoms with Gasteiger partial charge in [0.15, 0.2) is 0 Å². The number of nitrogens with one attached hydrogen (secondary N) is 1. The van der Waals surface area contributed by atoms with Gasteiger partial charge in [0.25, 0.3) is 5.24 Å². The van der Waals surface area contributed by atoms with Gasteiger partial charge in [-0.25, -0.2) is 8.42 Å². The molecular formula is C8H6Cl3NO3S. The Morgan fingerprint density at radius 3 is 2.38 bits per heavy atom. The predicted octanol–water partition coefficient (Wildman–Crippen LogP) is 2.62. The van der Waals surface area contributed by atoms with E-state index in [2.05, 4.69) is 4.72 Å². The van der Waals surface area contributed by atoms with Gasteiger partial charge < -0.3 is 0 Å². The monoisotopic (exact) mass is 301 g/mol. The molecule has 0 bridgehead atoms. The third kappa shape index (κ3) is 2.79. The van der Waals surface area contributed by atoms with E-state index in [1.165, 1.54) is 13.0 Å². The van der Waals surface area contributed by atoms with Crippen LogP contribution < -0.4 is 4.72 Å². The lowest BCUT2D eigenvalue weighted by atomic mass is 10.1. The topological polar surface area (TPSA) is 63.2 Å². The quantitative estimate of drug-likeness (QED) is 0.666. The van der Waals surface area contributed by atoms with Crippen LogP contribution in [0.2, 0.25) is 10.0 Å². The molecule has 0 atom stereocenters. The molecule has 0 aliphatic rings. The normalized spacial score (nSPS) is 10.6. The van der Waals surface area contributed by atoms with Crippen LogP contribution in [-0.4, -0.2) is 13.7 Å². The van der Waals surface area contributed by atoms with Crippen molar-refractivity contribution in [2.75, 3.05) is 4.72 Å². The molecule has 0 amide bonds. The molecule has 0 aromatic heterocycles. The van der Waals surface area contributed by atoms with Gasteiger partial charge in [0.1, 0.15) is 0 Å². The van der Waals surface area contributed by atoms with Crippen molar-refractivity contribution in [1.82, 2.24) is 0 Å². The SMILES string of the molecule is Cc1c(Cl)c(Cl)cc(C(=O)Cl)c1N[SH](=O)=O. The van der Waals surface area contributed by atoms with Crippen molar-refractivity contribution in [2.45, 2.75) is 6.92 Å². The fourth-order valence-electron chi connectivity index (χ4n) is 1.14. The predicted molar refractivity (Wildman–Crippen MR) is 65.3 cm³/mol. The van der Waals surface area contributed by atoms with Crippen molar-refractivity contribution in [3.8, 4) is 0 Å². The Labute approximate surface area is 109 Å². The lowest BCUT2D eigenvalue weighted by Crippen LogP contribution is -2.04. The van der Waals surface area contributed by atoms with Crippen LogP contribution in [-0.2, 0) is 10.9 Å². The van der Waals surface area contributed by atoms with Crippen molar-refractivity contribution < 1.29 is 13.2 Å². The lowest BCUT2D eigenvalue weighted by molar-refractivity contribution is 0.108. The first-order valence-electron chi connectivity index (χ1n) is 3.94. The zero-order valence-electron chi connectivity index (χ0n) is 7.88. The van der Waals surface area contributed by atoms with E-state index in [0.29, 0.717) is 5.56 Å². The molecule has 88 valence electrons. The van der Waals surface area contributed by atoms with Crippen LogP contribution in [0, 0.1) is 6.92 Å². The number of rotatable bonds is 3. The maximum atomic E-state index is 11.1. The van der Waals surface area contributed by atoms with Crippen LogP contribution in [0.3, 0.4) is 0 Å². The van der Waals surface area contributed by atoms with Crippen LogP contribution in [0.5, 0.6) is 0 Å². The summed E-state index contributed by atoms with van der Waals surface area (Å²) in [6, 6.07) is 1.22. The molecule has 8 heteroatoms. The molecule has 0 unspecified atom stereocenters. The highest BCUT2D eigenvalue weighted by atomic mass is 35.5. The maximum Gasteiger partial charge on any atom is 0.254 e. The van der Waals surface area contributed by atoms with Crippen molar-refractivity contribution in [1.29, 1.82) is 0 Å². The molecule has 0 saturated carbocycles. The molecule has 0 fully saturated rings. The van der Waals surface area contributed by atoms with Gasteiger partial charge >= 0.3 is 0 Å². The summed E-state index contributed by atoms with van der Waals surface area (Å²) in [5, 5.41) is -0.515.